The molecular formula is C14H14Br2N2O2S. The monoisotopic (exact) mass is 432 g/mol. The van der Waals surface area contributed by atoms with Crippen molar-refractivity contribution in [2.24, 2.45) is 5.14 Å². The third-order valence-corrected chi connectivity index (χ3v) is 5.99. The van der Waals surface area contributed by atoms with Gasteiger partial charge in [0.1, 0.15) is 0 Å². The van der Waals surface area contributed by atoms with Crippen molar-refractivity contribution in [2.75, 3.05) is 5.32 Å². The van der Waals surface area contributed by atoms with Crippen LogP contribution in [0.25, 0.3) is 0 Å². The van der Waals surface area contributed by atoms with Crippen LogP contribution in [0.2, 0.25) is 0 Å². The van der Waals surface area contributed by atoms with Crippen LogP contribution in [-0.4, -0.2) is 8.42 Å². The van der Waals surface area contributed by atoms with Gasteiger partial charge < -0.3 is 5.32 Å². The molecule has 3 N–H and O–H groups in total. The van der Waals surface area contributed by atoms with Crippen LogP contribution >= 0.6 is 31.9 Å². The van der Waals surface area contributed by atoms with Crippen molar-refractivity contribution in [1.29, 1.82) is 0 Å². The Hall–Kier alpha value is -0.890. The van der Waals surface area contributed by atoms with Crippen LogP contribution in [0.1, 0.15) is 11.1 Å². The predicted octanol–water partition coefficient (Wildman–Crippen LogP) is 3.78. The lowest BCUT2D eigenvalue weighted by Crippen LogP contribution is -2.14. The molecule has 0 aliphatic carbocycles. The summed E-state index contributed by atoms with van der Waals surface area (Å²) in [7, 11) is -3.70. The van der Waals surface area contributed by atoms with Crippen LogP contribution in [0.15, 0.2) is 50.2 Å². The van der Waals surface area contributed by atoms with Gasteiger partial charge in [-0.2, -0.15) is 0 Å². The number of rotatable bonds is 4. The van der Waals surface area contributed by atoms with Gasteiger partial charge in [0.25, 0.3) is 0 Å². The molecule has 0 unspecified atom stereocenters. The maximum Gasteiger partial charge on any atom is 0.238 e. The van der Waals surface area contributed by atoms with E-state index in [2.05, 4.69) is 37.2 Å². The second-order valence-corrected chi connectivity index (χ2v) is 7.81. The number of nitrogens with two attached hydrogens (primary N) is 1. The highest BCUT2D eigenvalue weighted by Crippen LogP contribution is 2.25. The number of hydrogen-bond donors (Lipinski definition) is 2. The molecule has 7 heteroatoms. The fourth-order valence-electron chi connectivity index (χ4n) is 1.96. The van der Waals surface area contributed by atoms with E-state index in [1.807, 2.05) is 24.3 Å². The number of primary sulfonamides is 1. The standard InChI is InChI=1S/C14H14Br2N2O2S/c1-9-13(3-2-4-14(9)21(17,19)20)18-8-10-5-6-11(15)12(16)7-10/h2-7,18H,8H2,1H3,(H2,17,19,20). The van der Waals surface area contributed by atoms with Gasteiger partial charge in [-0.15, -0.1) is 0 Å². The lowest BCUT2D eigenvalue weighted by molar-refractivity contribution is 0.597. The molecule has 0 radical (unpaired) electrons. The quantitative estimate of drug-likeness (QED) is 0.770. The Morgan fingerprint density at radius 1 is 1.14 bits per heavy atom. The summed E-state index contributed by atoms with van der Waals surface area (Å²) in [4.78, 5) is 0.143. The van der Waals surface area contributed by atoms with Gasteiger partial charge in [-0.3, -0.25) is 0 Å². The Kier molecular flexibility index (Phi) is 5.08. The molecular weight excluding hydrogens is 420 g/mol. The molecule has 0 amide bonds. The molecule has 112 valence electrons. The van der Waals surface area contributed by atoms with Crippen molar-refractivity contribution in [3.05, 3.63) is 56.5 Å². The van der Waals surface area contributed by atoms with Gasteiger partial charge in [0.2, 0.25) is 10.0 Å². The summed E-state index contributed by atoms with van der Waals surface area (Å²) >= 11 is 6.87. The van der Waals surface area contributed by atoms with Gasteiger partial charge in [-0.1, -0.05) is 12.1 Å². The lowest BCUT2D eigenvalue weighted by atomic mass is 10.2. The van der Waals surface area contributed by atoms with E-state index in [1.165, 1.54) is 6.07 Å². The van der Waals surface area contributed by atoms with Crippen molar-refractivity contribution in [3.63, 3.8) is 0 Å². The smallest absolute Gasteiger partial charge is 0.238 e. The Morgan fingerprint density at radius 3 is 2.48 bits per heavy atom. The zero-order chi connectivity index (χ0) is 15.6. The summed E-state index contributed by atoms with van der Waals surface area (Å²) in [5, 5.41) is 8.44. The van der Waals surface area contributed by atoms with Gasteiger partial charge >= 0.3 is 0 Å². The van der Waals surface area contributed by atoms with E-state index in [-0.39, 0.29) is 4.90 Å². The lowest BCUT2D eigenvalue weighted by Gasteiger charge is -2.12. The summed E-state index contributed by atoms with van der Waals surface area (Å²) < 4.78 is 25.0. The third-order valence-electron chi connectivity index (χ3n) is 3.06. The molecule has 0 atom stereocenters. The molecule has 2 aromatic rings. The second-order valence-electron chi connectivity index (χ2n) is 4.58. The topological polar surface area (TPSA) is 72.2 Å². The fourth-order valence-corrected chi connectivity index (χ4v) is 3.44. The molecule has 2 rings (SSSR count). The first-order valence-corrected chi connectivity index (χ1v) is 9.22. The summed E-state index contributed by atoms with van der Waals surface area (Å²) in [6, 6.07) is 10.9. The number of anilines is 1. The third kappa shape index (κ3) is 4.06. The Labute approximate surface area is 141 Å². The zero-order valence-electron chi connectivity index (χ0n) is 11.2. The average molecular weight is 434 g/mol. The Balaban J connectivity index is 2.23. The molecule has 0 aliphatic heterocycles. The van der Waals surface area contributed by atoms with Crippen LogP contribution in [-0.2, 0) is 16.6 Å². The van der Waals surface area contributed by atoms with Crippen LogP contribution in [0, 0.1) is 6.92 Å². The van der Waals surface area contributed by atoms with Crippen molar-refractivity contribution in [2.45, 2.75) is 18.4 Å². The molecule has 0 spiro atoms. The number of benzene rings is 2. The van der Waals surface area contributed by atoms with Gasteiger partial charge in [0.05, 0.1) is 4.90 Å². The maximum atomic E-state index is 11.5. The van der Waals surface area contributed by atoms with E-state index in [1.54, 1.807) is 13.0 Å². The highest BCUT2D eigenvalue weighted by Gasteiger charge is 2.13. The average Bonchev–Trinajstić information content (AvgIpc) is 2.40. The minimum atomic E-state index is -3.70. The predicted molar refractivity (Wildman–Crippen MR) is 91.7 cm³/mol. The van der Waals surface area contributed by atoms with E-state index >= 15 is 0 Å². The SMILES string of the molecule is Cc1c(NCc2ccc(Br)c(Br)c2)cccc1S(N)(=O)=O. The number of hydrogen-bond acceptors (Lipinski definition) is 3. The van der Waals surface area contributed by atoms with Crippen LogP contribution in [0.4, 0.5) is 5.69 Å². The molecule has 0 heterocycles. The molecule has 0 saturated heterocycles. The van der Waals surface area contributed by atoms with Crippen LogP contribution < -0.4 is 10.5 Å². The summed E-state index contributed by atoms with van der Waals surface area (Å²) in [5.74, 6) is 0. The zero-order valence-corrected chi connectivity index (χ0v) is 15.2. The number of nitrogens with one attached hydrogen (secondary N) is 1. The van der Waals surface area contributed by atoms with Gasteiger partial charge in [-0.25, -0.2) is 13.6 Å². The van der Waals surface area contributed by atoms with Crippen LogP contribution in [0.3, 0.4) is 0 Å². The molecule has 0 saturated carbocycles. The molecule has 0 aliphatic rings. The highest BCUT2D eigenvalue weighted by molar-refractivity contribution is 9.13. The second kappa shape index (κ2) is 6.48. The van der Waals surface area contributed by atoms with Crippen molar-refractivity contribution in [3.8, 4) is 0 Å². The first kappa shape index (κ1) is 16.5. The van der Waals surface area contributed by atoms with E-state index in [4.69, 9.17) is 5.14 Å². The van der Waals surface area contributed by atoms with Gasteiger partial charge in [-0.05, 0) is 74.2 Å². The molecule has 0 fully saturated rings. The van der Waals surface area contributed by atoms with E-state index in [0.717, 1.165) is 20.2 Å². The molecule has 4 nitrogen and oxygen atoms in total. The van der Waals surface area contributed by atoms with Crippen LogP contribution in [0.5, 0.6) is 0 Å². The minimum absolute atomic E-state index is 0.143. The first-order valence-electron chi connectivity index (χ1n) is 6.09. The summed E-state index contributed by atoms with van der Waals surface area (Å²) in [6.07, 6.45) is 0. The van der Waals surface area contributed by atoms with E-state index in [0.29, 0.717) is 12.1 Å². The molecule has 2 aromatic carbocycles. The summed E-state index contributed by atoms with van der Waals surface area (Å²) in [6.45, 7) is 2.32. The van der Waals surface area contributed by atoms with Gasteiger partial charge in [0, 0.05) is 21.2 Å². The minimum Gasteiger partial charge on any atom is -0.381 e. The normalized spacial score (nSPS) is 11.4. The maximum absolute atomic E-state index is 11.5. The number of halogens is 2. The van der Waals surface area contributed by atoms with E-state index < -0.39 is 10.0 Å². The van der Waals surface area contributed by atoms with Gasteiger partial charge in [0.15, 0.2) is 0 Å². The van der Waals surface area contributed by atoms with Crippen molar-refractivity contribution < 1.29 is 8.42 Å². The largest absolute Gasteiger partial charge is 0.381 e. The highest BCUT2D eigenvalue weighted by atomic mass is 79.9. The Morgan fingerprint density at radius 2 is 1.86 bits per heavy atom. The Bertz CT molecular complexity index is 777. The summed E-state index contributed by atoms with van der Waals surface area (Å²) in [5.41, 5.74) is 2.45. The molecule has 0 bridgehead atoms. The van der Waals surface area contributed by atoms with Crippen molar-refractivity contribution >= 4 is 47.6 Å². The number of sulfonamides is 1. The van der Waals surface area contributed by atoms with Crippen molar-refractivity contribution in [1.82, 2.24) is 0 Å². The van der Waals surface area contributed by atoms with E-state index in [9.17, 15) is 8.42 Å². The molecule has 0 aromatic heterocycles. The molecule has 21 heavy (non-hydrogen) atoms. The fraction of sp³-hybridized carbons (Fsp3) is 0.143. The first-order chi connectivity index (χ1) is 9.79.